The van der Waals surface area contributed by atoms with Crippen molar-refractivity contribution in [1.82, 2.24) is 0 Å². The molecule has 0 fully saturated rings. The zero-order valence-corrected chi connectivity index (χ0v) is 14.2. The Morgan fingerprint density at radius 2 is 1.78 bits per heavy atom. The summed E-state index contributed by atoms with van der Waals surface area (Å²) < 4.78 is 41.0. The van der Waals surface area contributed by atoms with Crippen LogP contribution in [0.4, 0.5) is 13.2 Å². The molecule has 136 valence electrons. The molecule has 0 heterocycles. The largest absolute Gasteiger partial charge is 0.416 e. The van der Waals surface area contributed by atoms with Crippen LogP contribution in [-0.4, -0.2) is 0 Å². The van der Waals surface area contributed by atoms with Crippen LogP contribution in [0.3, 0.4) is 0 Å². The maximum absolute atomic E-state index is 13.7. The molecule has 0 bridgehead atoms. The number of nitriles is 3. The average molecular weight is 368 g/mol. The van der Waals surface area contributed by atoms with Crippen molar-refractivity contribution in [3.63, 3.8) is 0 Å². The lowest BCUT2D eigenvalue weighted by Crippen LogP contribution is -2.43. The van der Waals surface area contributed by atoms with Crippen molar-refractivity contribution >= 4 is 0 Å². The molecule has 0 aliphatic heterocycles. The molecule has 0 saturated heterocycles. The van der Waals surface area contributed by atoms with E-state index in [-0.39, 0.29) is 16.8 Å². The van der Waals surface area contributed by atoms with Gasteiger partial charge in [-0.25, -0.2) is 0 Å². The Bertz CT molecular complexity index is 953. The first-order valence-electron chi connectivity index (χ1n) is 8.41. The van der Waals surface area contributed by atoms with Gasteiger partial charge in [0.25, 0.3) is 0 Å². The van der Waals surface area contributed by atoms with Gasteiger partial charge < -0.3 is 5.73 Å². The maximum Gasteiger partial charge on any atom is 0.416 e. The van der Waals surface area contributed by atoms with E-state index in [1.807, 2.05) is 18.2 Å². The first kappa shape index (κ1) is 18.5. The zero-order valence-electron chi connectivity index (χ0n) is 14.2. The van der Waals surface area contributed by atoms with Gasteiger partial charge in [0.1, 0.15) is 6.07 Å². The molecule has 1 aromatic carbocycles. The summed E-state index contributed by atoms with van der Waals surface area (Å²) in [4.78, 5) is 0. The normalized spacial score (nSPS) is 24.1. The molecule has 1 aromatic rings. The lowest BCUT2D eigenvalue weighted by Gasteiger charge is -2.44. The molecular formula is C20H15F3N4. The number of halogens is 3. The van der Waals surface area contributed by atoms with Crippen LogP contribution in [0.25, 0.3) is 0 Å². The third-order valence-electron chi connectivity index (χ3n) is 5.40. The lowest BCUT2D eigenvalue weighted by atomic mass is 9.56. The van der Waals surface area contributed by atoms with E-state index >= 15 is 0 Å². The van der Waals surface area contributed by atoms with E-state index in [2.05, 4.69) is 0 Å². The minimum absolute atomic E-state index is 0.0449. The minimum Gasteiger partial charge on any atom is -0.399 e. The van der Waals surface area contributed by atoms with Crippen molar-refractivity contribution in [3.05, 3.63) is 58.3 Å². The predicted molar refractivity (Wildman–Crippen MR) is 90.1 cm³/mol. The van der Waals surface area contributed by atoms with Gasteiger partial charge in [0, 0.05) is 5.92 Å². The Morgan fingerprint density at radius 3 is 2.37 bits per heavy atom. The second-order valence-electron chi connectivity index (χ2n) is 6.69. The molecule has 27 heavy (non-hydrogen) atoms. The number of alkyl halides is 3. The standard InChI is InChI=1S/C20H15F3N4/c21-20(22,23)16-8-4-3-7-14(16)17-13-6-2-1-5-12(13)15(9-24)18(27)19(17,10-25)11-26/h3-5,7-8,13,17H,1-2,6,27H2. The van der Waals surface area contributed by atoms with Gasteiger partial charge in [-0.1, -0.05) is 24.3 Å². The van der Waals surface area contributed by atoms with E-state index in [4.69, 9.17) is 5.73 Å². The SMILES string of the molecule is N#CC1=C(N)C(C#N)(C#N)C(c2ccccc2C(F)(F)F)C2CCCC=C12. The number of nitrogens with two attached hydrogens (primary N) is 1. The van der Waals surface area contributed by atoms with Crippen molar-refractivity contribution in [2.75, 3.05) is 0 Å². The molecule has 0 aromatic heterocycles. The van der Waals surface area contributed by atoms with Crippen LogP contribution in [0.15, 0.2) is 47.2 Å². The highest BCUT2D eigenvalue weighted by Gasteiger charge is 2.55. The Hall–Kier alpha value is -3.24. The van der Waals surface area contributed by atoms with Crippen LogP contribution in [0.2, 0.25) is 0 Å². The van der Waals surface area contributed by atoms with Gasteiger partial charge in [-0.2, -0.15) is 29.0 Å². The van der Waals surface area contributed by atoms with Gasteiger partial charge in [0.15, 0.2) is 5.41 Å². The zero-order chi connectivity index (χ0) is 19.8. The van der Waals surface area contributed by atoms with E-state index in [1.165, 1.54) is 18.2 Å². The van der Waals surface area contributed by atoms with Crippen LogP contribution in [0.5, 0.6) is 0 Å². The van der Waals surface area contributed by atoms with E-state index in [0.29, 0.717) is 24.8 Å². The molecule has 4 nitrogen and oxygen atoms in total. The Balaban J connectivity index is 2.39. The van der Waals surface area contributed by atoms with E-state index < -0.39 is 29.0 Å². The topological polar surface area (TPSA) is 97.4 Å². The Labute approximate surface area is 154 Å². The molecule has 2 unspecified atom stereocenters. The first-order valence-corrected chi connectivity index (χ1v) is 8.41. The van der Waals surface area contributed by atoms with Crippen molar-refractivity contribution < 1.29 is 13.2 Å². The van der Waals surface area contributed by atoms with Crippen LogP contribution in [0.1, 0.15) is 36.3 Å². The highest BCUT2D eigenvalue weighted by atomic mass is 19.4. The third kappa shape index (κ3) is 2.66. The Kier molecular flexibility index (Phi) is 4.46. The van der Waals surface area contributed by atoms with E-state index in [9.17, 15) is 29.0 Å². The monoisotopic (exact) mass is 368 g/mol. The van der Waals surface area contributed by atoms with Crippen molar-refractivity contribution in [2.45, 2.75) is 31.4 Å². The van der Waals surface area contributed by atoms with Crippen LogP contribution >= 0.6 is 0 Å². The molecule has 7 heteroatoms. The second kappa shape index (κ2) is 6.49. The quantitative estimate of drug-likeness (QED) is 0.799. The fraction of sp³-hybridized carbons (Fsp3) is 0.350. The highest BCUT2D eigenvalue weighted by Crippen LogP contribution is 2.57. The molecule has 0 spiro atoms. The molecule has 3 rings (SSSR count). The number of rotatable bonds is 1. The summed E-state index contributed by atoms with van der Waals surface area (Å²) in [7, 11) is 0. The second-order valence-corrected chi connectivity index (χ2v) is 6.69. The summed E-state index contributed by atoms with van der Waals surface area (Å²) in [6, 6.07) is 10.6. The number of hydrogen-bond donors (Lipinski definition) is 1. The molecular weight excluding hydrogens is 353 g/mol. The molecule has 0 radical (unpaired) electrons. The van der Waals surface area contributed by atoms with Gasteiger partial charge in [0.2, 0.25) is 0 Å². The molecule has 2 N–H and O–H groups in total. The molecule has 2 aliphatic carbocycles. The summed E-state index contributed by atoms with van der Waals surface area (Å²) in [6.07, 6.45) is -0.998. The predicted octanol–water partition coefficient (Wildman–Crippen LogP) is 4.30. The van der Waals surface area contributed by atoms with Crippen LogP contribution in [0, 0.1) is 45.3 Å². The summed E-state index contributed by atoms with van der Waals surface area (Å²) in [6.45, 7) is 0. The number of fused-ring (bicyclic) bond motifs is 1. The molecule has 2 atom stereocenters. The fourth-order valence-corrected chi connectivity index (χ4v) is 4.24. The average Bonchev–Trinajstić information content (AvgIpc) is 2.66. The van der Waals surface area contributed by atoms with E-state index in [1.54, 1.807) is 6.08 Å². The number of benzene rings is 1. The summed E-state index contributed by atoms with van der Waals surface area (Å²) in [5.74, 6) is -1.66. The van der Waals surface area contributed by atoms with Gasteiger partial charge in [-0.3, -0.25) is 0 Å². The Morgan fingerprint density at radius 1 is 1.11 bits per heavy atom. The summed E-state index contributed by atoms with van der Waals surface area (Å²) in [5.41, 5.74) is 3.35. The van der Waals surface area contributed by atoms with Crippen LogP contribution < -0.4 is 5.73 Å². The lowest BCUT2D eigenvalue weighted by molar-refractivity contribution is -0.138. The highest BCUT2D eigenvalue weighted by molar-refractivity contribution is 5.59. The minimum atomic E-state index is -4.64. The van der Waals surface area contributed by atoms with Gasteiger partial charge >= 0.3 is 6.18 Å². The summed E-state index contributed by atoms with van der Waals surface area (Å²) in [5, 5.41) is 29.2. The maximum atomic E-state index is 13.7. The molecule has 0 saturated carbocycles. The molecule has 2 aliphatic rings. The van der Waals surface area contributed by atoms with Crippen molar-refractivity contribution in [2.24, 2.45) is 17.1 Å². The van der Waals surface area contributed by atoms with Crippen molar-refractivity contribution in [3.8, 4) is 18.2 Å². The van der Waals surface area contributed by atoms with Gasteiger partial charge in [0.05, 0.1) is 29.0 Å². The van der Waals surface area contributed by atoms with Gasteiger partial charge in [-0.05, 0) is 42.4 Å². The summed E-state index contributed by atoms with van der Waals surface area (Å²) >= 11 is 0. The van der Waals surface area contributed by atoms with E-state index in [0.717, 1.165) is 6.07 Å². The number of allylic oxidation sites excluding steroid dienone is 4. The number of hydrogen-bond acceptors (Lipinski definition) is 4. The fourth-order valence-electron chi connectivity index (χ4n) is 4.24. The van der Waals surface area contributed by atoms with Crippen LogP contribution in [-0.2, 0) is 6.18 Å². The third-order valence-corrected chi connectivity index (χ3v) is 5.40. The van der Waals surface area contributed by atoms with Gasteiger partial charge in [-0.15, -0.1) is 0 Å². The van der Waals surface area contributed by atoms with Crippen molar-refractivity contribution in [1.29, 1.82) is 15.8 Å². The first-order chi connectivity index (χ1) is 12.8. The number of nitrogens with zero attached hydrogens (tertiary/aromatic N) is 3. The smallest absolute Gasteiger partial charge is 0.399 e. The molecule has 0 amide bonds.